The second kappa shape index (κ2) is 5.13. The molecule has 0 amide bonds. The number of hydrogen-bond donors (Lipinski definition) is 1. The molecule has 2 heterocycles. The van der Waals surface area contributed by atoms with Crippen molar-refractivity contribution in [1.82, 2.24) is 20.2 Å². The minimum Gasteiger partial charge on any atom is -0.378 e. The molecule has 3 aromatic rings. The zero-order chi connectivity index (χ0) is 14.2. The van der Waals surface area contributed by atoms with Crippen LogP contribution in [0.15, 0.2) is 36.7 Å². The number of halogens is 1. The van der Waals surface area contributed by atoms with Crippen molar-refractivity contribution < 1.29 is 0 Å². The number of nitrogens with zero attached hydrogens (tertiary/aromatic N) is 4. The second-order valence-electron chi connectivity index (χ2n) is 4.97. The van der Waals surface area contributed by atoms with Crippen LogP contribution in [0, 0.1) is 0 Å². The van der Waals surface area contributed by atoms with Crippen molar-refractivity contribution in [3.8, 4) is 5.69 Å². The van der Waals surface area contributed by atoms with Crippen molar-refractivity contribution in [2.24, 2.45) is 0 Å². The van der Waals surface area contributed by atoms with Gasteiger partial charge in [-0.2, -0.15) is 0 Å². The molecule has 5 nitrogen and oxygen atoms in total. The van der Waals surface area contributed by atoms with Crippen molar-refractivity contribution in [3.05, 3.63) is 51.4 Å². The van der Waals surface area contributed by atoms with E-state index in [9.17, 15) is 0 Å². The van der Waals surface area contributed by atoms with Gasteiger partial charge >= 0.3 is 0 Å². The number of benzene rings is 1. The van der Waals surface area contributed by atoms with E-state index in [1.165, 1.54) is 10.4 Å². The molecule has 0 fully saturated rings. The Labute approximate surface area is 130 Å². The van der Waals surface area contributed by atoms with E-state index >= 15 is 0 Å². The maximum Gasteiger partial charge on any atom is 0.143 e. The van der Waals surface area contributed by atoms with Crippen LogP contribution in [0.2, 0.25) is 4.34 Å². The van der Waals surface area contributed by atoms with Crippen molar-refractivity contribution in [3.63, 3.8) is 0 Å². The van der Waals surface area contributed by atoms with Crippen LogP contribution in [0.5, 0.6) is 0 Å². The maximum atomic E-state index is 6.10. The summed E-state index contributed by atoms with van der Waals surface area (Å²) in [6.07, 6.45) is 3.79. The fourth-order valence-electron chi connectivity index (χ4n) is 2.70. The van der Waals surface area contributed by atoms with Crippen LogP contribution in [0.4, 0.5) is 5.69 Å². The molecule has 0 spiro atoms. The first-order chi connectivity index (χ1) is 10.3. The molecule has 1 unspecified atom stereocenters. The van der Waals surface area contributed by atoms with Crippen LogP contribution >= 0.6 is 22.9 Å². The van der Waals surface area contributed by atoms with Gasteiger partial charge in [0.15, 0.2) is 0 Å². The summed E-state index contributed by atoms with van der Waals surface area (Å²) >= 11 is 7.79. The summed E-state index contributed by atoms with van der Waals surface area (Å²) < 4.78 is 2.51. The molecule has 4 rings (SSSR count). The lowest BCUT2D eigenvalue weighted by Crippen LogP contribution is -2.07. The zero-order valence-electron chi connectivity index (χ0n) is 11.0. The summed E-state index contributed by atoms with van der Waals surface area (Å²) in [7, 11) is 0. The fraction of sp³-hybridized carbons (Fsp3) is 0.214. The van der Waals surface area contributed by atoms with Gasteiger partial charge in [-0.1, -0.05) is 17.7 Å². The number of rotatable bonds is 3. The molecule has 1 aromatic carbocycles. The third kappa shape index (κ3) is 2.41. The highest BCUT2D eigenvalue weighted by Crippen LogP contribution is 2.40. The lowest BCUT2D eigenvalue weighted by molar-refractivity contribution is 0.760. The average Bonchev–Trinajstić information content (AvgIpc) is 3.18. The highest BCUT2D eigenvalue weighted by Gasteiger charge is 2.24. The summed E-state index contributed by atoms with van der Waals surface area (Å²) in [6.45, 7) is 0. The summed E-state index contributed by atoms with van der Waals surface area (Å²) in [5.74, 6) is 0. The van der Waals surface area contributed by atoms with Gasteiger partial charge in [0.2, 0.25) is 0 Å². The number of tetrazole rings is 1. The molecule has 7 heteroatoms. The molecule has 2 aromatic heterocycles. The van der Waals surface area contributed by atoms with Crippen LogP contribution < -0.4 is 5.32 Å². The largest absolute Gasteiger partial charge is 0.378 e. The molecular formula is C14H12ClN5S. The number of anilines is 1. The predicted octanol–water partition coefficient (Wildman–Crippen LogP) is 3.48. The van der Waals surface area contributed by atoms with Crippen LogP contribution in [-0.2, 0) is 6.42 Å². The number of aryl methyl sites for hydroxylation is 1. The van der Waals surface area contributed by atoms with E-state index < -0.39 is 0 Å². The summed E-state index contributed by atoms with van der Waals surface area (Å²) in [5.41, 5.74) is 3.33. The van der Waals surface area contributed by atoms with E-state index in [1.807, 2.05) is 18.2 Å². The highest BCUT2D eigenvalue weighted by molar-refractivity contribution is 7.16. The Bertz CT molecular complexity index is 768. The molecule has 0 radical (unpaired) electrons. The van der Waals surface area contributed by atoms with Gasteiger partial charge in [-0.25, -0.2) is 4.68 Å². The summed E-state index contributed by atoms with van der Waals surface area (Å²) in [4.78, 5) is 1.40. The van der Waals surface area contributed by atoms with Crippen LogP contribution in [0.25, 0.3) is 5.69 Å². The second-order valence-corrected chi connectivity index (χ2v) is 6.74. The third-order valence-electron chi connectivity index (χ3n) is 3.65. The first-order valence-electron chi connectivity index (χ1n) is 6.68. The van der Waals surface area contributed by atoms with Gasteiger partial charge in [0.25, 0.3) is 0 Å². The normalized spacial score (nSPS) is 16.9. The lowest BCUT2D eigenvalue weighted by atomic mass is 10.1. The van der Waals surface area contributed by atoms with Gasteiger partial charge in [0.05, 0.1) is 16.1 Å². The van der Waals surface area contributed by atoms with Gasteiger partial charge in [-0.05, 0) is 53.1 Å². The molecule has 0 bridgehead atoms. The molecule has 1 aliphatic carbocycles. The molecule has 106 valence electrons. The Kier molecular flexibility index (Phi) is 3.12. The average molecular weight is 318 g/mol. The minimum atomic E-state index is 0.327. The van der Waals surface area contributed by atoms with Crippen LogP contribution in [0.1, 0.15) is 22.9 Å². The summed E-state index contributed by atoms with van der Waals surface area (Å²) in [6, 6.07) is 10.5. The van der Waals surface area contributed by atoms with E-state index in [0.29, 0.717) is 6.04 Å². The first kappa shape index (κ1) is 12.8. The quantitative estimate of drug-likeness (QED) is 0.803. The first-order valence-corrected chi connectivity index (χ1v) is 7.87. The van der Waals surface area contributed by atoms with E-state index in [0.717, 1.165) is 28.6 Å². The van der Waals surface area contributed by atoms with Crippen LogP contribution in [0.3, 0.4) is 0 Å². The highest BCUT2D eigenvalue weighted by atomic mass is 35.5. The Balaban J connectivity index is 1.59. The Hall–Kier alpha value is -1.92. The molecular weight excluding hydrogens is 306 g/mol. The molecule has 0 saturated heterocycles. The van der Waals surface area contributed by atoms with E-state index in [1.54, 1.807) is 22.3 Å². The fourth-order valence-corrected chi connectivity index (χ4v) is 4.06. The lowest BCUT2D eigenvalue weighted by Gasteiger charge is -2.15. The number of aromatic nitrogens is 4. The zero-order valence-corrected chi connectivity index (χ0v) is 12.6. The SMILES string of the molecule is Clc1cc2c(s1)CCC2Nc1cccc(-n2cnnn2)c1. The molecule has 0 aliphatic heterocycles. The van der Waals surface area contributed by atoms with Gasteiger partial charge in [0.1, 0.15) is 6.33 Å². The molecule has 0 saturated carbocycles. The number of hydrogen-bond acceptors (Lipinski definition) is 5. The van der Waals surface area contributed by atoms with E-state index in [-0.39, 0.29) is 0 Å². The number of nitrogens with one attached hydrogen (secondary N) is 1. The number of thiophene rings is 1. The summed E-state index contributed by atoms with van der Waals surface area (Å²) in [5, 5.41) is 14.8. The third-order valence-corrected chi connectivity index (χ3v) is 4.99. The van der Waals surface area contributed by atoms with Gasteiger partial charge in [0, 0.05) is 10.6 Å². The molecule has 21 heavy (non-hydrogen) atoms. The topological polar surface area (TPSA) is 55.6 Å². The molecule has 1 atom stereocenters. The van der Waals surface area contributed by atoms with Gasteiger partial charge in [-0.3, -0.25) is 0 Å². The Morgan fingerprint density at radius 1 is 1.33 bits per heavy atom. The van der Waals surface area contributed by atoms with Crippen molar-refractivity contribution in [1.29, 1.82) is 0 Å². The predicted molar refractivity (Wildman–Crippen MR) is 83.2 cm³/mol. The van der Waals surface area contributed by atoms with Crippen LogP contribution in [-0.4, -0.2) is 20.2 Å². The van der Waals surface area contributed by atoms with Gasteiger partial charge < -0.3 is 5.32 Å². The smallest absolute Gasteiger partial charge is 0.143 e. The van der Waals surface area contributed by atoms with E-state index in [2.05, 4.69) is 33.0 Å². The van der Waals surface area contributed by atoms with Crippen molar-refractivity contribution >= 4 is 28.6 Å². The standard InChI is InChI=1S/C14H12ClN5S/c15-14-7-11-12(4-5-13(11)21-14)17-9-2-1-3-10(6-9)20-8-16-18-19-20/h1-3,6-8,12,17H,4-5H2. The van der Waals surface area contributed by atoms with Crippen molar-refractivity contribution in [2.45, 2.75) is 18.9 Å². The van der Waals surface area contributed by atoms with E-state index in [4.69, 9.17) is 11.6 Å². The minimum absolute atomic E-state index is 0.327. The molecule has 1 aliphatic rings. The monoisotopic (exact) mass is 317 g/mol. The molecule has 1 N–H and O–H groups in total. The van der Waals surface area contributed by atoms with Crippen molar-refractivity contribution in [2.75, 3.05) is 5.32 Å². The van der Waals surface area contributed by atoms with Gasteiger partial charge in [-0.15, -0.1) is 16.4 Å². The Morgan fingerprint density at radius 2 is 2.29 bits per heavy atom. The Morgan fingerprint density at radius 3 is 3.14 bits per heavy atom. The maximum absolute atomic E-state index is 6.10. The number of fused-ring (bicyclic) bond motifs is 1.